The lowest BCUT2D eigenvalue weighted by atomic mass is 10.3. The van der Waals surface area contributed by atoms with Crippen molar-refractivity contribution in [2.45, 2.75) is 13.0 Å². The van der Waals surface area contributed by atoms with Gasteiger partial charge >= 0.3 is 0 Å². The molecule has 0 spiro atoms. The molecule has 6 heteroatoms. The molecule has 106 valence electrons. The Labute approximate surface area is 126 Å². The highest BCUT2D eigenvalue weighted by Gasteiger charge is 2.11. The van der Waals surface area contributed by atoms with Crippen LogP contribution in [0.25, 0.3) is 0 Å². The summed E-state index contributed by atoms with van der Waals surface area (Å²) in [4.78, 5) is 11.9. The van der Waals surface area contributed by atoms with Crippen LogP contribution >= 0.6 is 15.9 Å². The fourth-order valence-electron chi connectivity index (χ4n) is 1.68. The molecule has 1 aromatic heterocycles. The van der Waals surface area contributed by atoms with Gasteiger partial charge in [-0.3, -0.25) is 9.48 Å². The molecule has 2 rings (SSSR count). The van der Waals surface area contributed by atoms with E-state index in [-0.39, 0.29) is 12.0 Å². The Hall–Kier alpha value is -1.82. The van der Waals surface area contributed by atoms with Crippen LogP contribution in [-0.4, -0.2) is 28.3 Å². The number of ether oxygens (including phenoxy) is 1. The fourth-order valence-corrected chi connectivity index (χ4v) is 2.05. The summed E-state index contributed by atoms with van der Waals surface area (Å²) in [6.45, 7) is 2.33. The molecule has 0 aliphatic rings. The maximum Gasteiger partial charge on any atom is 0.254 e. The molecule has 0 aliphatic heterocycles. The average molecular weight is 338 g/mol. The van der Waals surface area contributed by atoms with E-state index in [0.29, 0.717) is 12.1 Å². The number of amides is 1. The Morgan fingerprint density at radius 1 is 1.50 bits per heavy atom. The van der Waals surface area contributed by atoms with Gasteiger partial charge in [-0.25, -0.2) is 0 Å². The number of nitrogens with one attached hydrogen (secondary N) is 1. The third kappa shape index (κ3) is 3.84. The van der Waals surface area contributed by atoms with Crippen LogP contribution in [0.3, 0.4) is 0 Å². The average Bonchev–Trinajstić information content (AvgIpc) is 2.85. The van der Waals surface area contributed by atoms with Gasteiger partial charge in [0.1, 0.15) is 11.9 Å². The lowest BCUT2D eigenvalue weighted by Crippen LogP contribution is -2.33. The Balaban J connectivity index is 1.85. The van der Waals surface area contributed by atoms with Gasteiger partial charge in [-0.15, -0.1) is 0 Å². The maximum absolute atomic E-state index is 11.9. The Bertz CT molecular complexity index is 598. The number of hydrogen-bond acceptors (Lipinski definition) is 3. The molecule has 0 bridgehead atoms. The molecule has 0 radical (unpaired) electrons. The number of benzene rings is 1. The van der Waals surface area contributed by atoms with E-state index < -0.39 is 0 Å². The number of carbonyl (C=O) groups is 1. The zero-order chi connectivity index (χ0) is 14.5. The van der Waals surface area contributed by atoms with Gasteiger partial charge in [-0.1, -0.05) is 12.1 Å². The van der Waals surface area contributed by atoms with Gasteiger partial charge in [0.2, 0.25) is 0 Å². The van der Waals surface area contributed by atoms with E-state index in [1.54, 1.807) is 17.9 Å². The first-order valence-corrected chi connectivity index (χ1v) is 7.03. The largest absolute Gasteiger partial charge is 0.488 e. The summed E-state index contributed by atoms with van der Waals surface area (Å²) in [5.74, 6) is 0.608. The Morgan fingerprint density at radius 2 is 2.25 bits per heavy atom. The van der Waals surface area contributed by atoms with Crippen molar-refractivity contribution in [3.8, 4) is 5.75 Å². The van der Waals surface area contributed by atoms with Crippen LogP contribution in [0.4, 0.5) is 0 Å². The zero-order valence-electron chi connectivity index (χ0n) is 11.3. The first-order chi connectivity index (χ1) is 9.56. The van der Waals surface area contributed by atoms with Crippen molar-refractivity contribution in [1.29, 1.82) is 0 Å². The highest BCUT2D eigenvalue weighted by Crippen LogP contribution is 2.24. The molecule has 5 nitrogen and oxygen atoms in total. The van der Waals surface area contributed by atoms with E-state index in [4.69, 9.17) is 4.74 Å². The number of carbonyl (C=O) groups excluding carboxylic acids is 1. The van der Waals surface area contributed by atoms with Gasteiger partial charge in [0.25, 0.3) is 5.91 Å². The molecule has 1 amide bonds. The quantitative estimate of drug-likeness (QED) is 0.911. The summed E-state index contributed by atoms with van der Waals surface area (Å²) >= 11 is 3.42. The van der Waals surface area contributed by atoms with Crippen molar-refractivity contribution >= 4 is 21.8 Å². The van der Waals surface area contributed by atoms with Gasteiger partial charge in [0.15, 0.2) is 0 Å². The molecular weight excluding hydrogens is 322 g/mol. The van der Waals surface area contributed by atoms with Crippen molar-refractivity contribution in [1.82, 2.24) is 15.1 Å². The van der Waals surface area contributed by atoms with Gasteiger partial charge in [-0.2, -0.15) is 5.10 Å². The van der Waals surface area contributed by atoms with Crippen molar-refractivity contribution in [2.75, 3.05) is 6.54 Å². The molecule has 20 heavy (non-hydrogen) atoms. The van der Waals surface area contributed by atoms with Gasteiger partial charge in [-0.05, 0) is 35.0 Å². The number of nitrogens with zero attached hydrogens (tertiary/aromatic N) is 2. The molecule has 1 aromatic carbocycles. The highest BCUT2D eigenvalue weighted by atomic mass is 79.9. The van der Waals surface area contributed by atoms with Crippen molar-refractivity contribution < 1.29 is 9.53 Å². The number of halogens is 1. The monoisotopic (exact) mass is 337 g/mol. The molecule has 1 atom stereocenters. The van der Waals surface area contributed by atoms with Gasteiger partial charge < -0.3 is 10.1 Å². The molecule has 0 saturated carbocycles. The smallest absolute Gasteiger partial charge is 0.254 e. The van der Waals surface area contributed by atoms with E-state index in [0.717, 1.165) is 10.2 Å². The second kappa shape index (κ2) is 6.56. The van der Waals surface area contributed by atoms with Crippen LogP contribution in [-0.2, 0) is 7.05 Å². The van der Waals surface area contributed by atoms with E-state index in [1.165, 1.54) is 6.20 Å². The second-order valence-corrected chi connectivity index (χ2v) is 5.33. The summed E-state index contributed by atoms with van der Waals surface area (Å²) in [5.41, 5.74) is 0.542. The van der Waals surface area contributed by atoms with Gasteiger partial charge in [0.05, 0.1) is 22.8 Å². The molecule has 2 aromatic rings. The van der Waals surface area contributed by atoms with Gasteiger partial charge in [0, 0.05) is 13.2 Å². The van der Waals surface area contributed by atoms with Crippen LogP contribution in [0, 0.1) is 0 Å². The van der Waals surface area contributed by atoms with Crippen molar-refractivity contribution in [3.63, 3.8) is 0 Å². The third-order valence-electron chi connectivity index (χ3n) is 2.68. The standard InChI is InChI=1S/C14H16BrN3O2/c1-10(20-13-6-4-3-5-12(13)15)7-16-14(19)11-8-17-18(2)9-11/h3-6,8-10H,7H2,1-2H3,(H,16,19)/t10-/m0/s1. The zero-order valence-corrected chi connectivity index (χ0v) is 12.9. The van der Waals surface area contributed by atoms with E-state index in [9.17, 15) is 4.79 Å². The minimum Gasteiger partial charge on any atom is -0.488 e. The molecule has 0 unspecified atom stereocenters. The van der Waals surface area contributed by atoms with Crippen molar-refractivity contribution in [3.05, 3.63) is 46.7 Å². The second-order valence-electron chi connectivity index (χ2n) is 4.47. The number of hydrogen-bond donors (Lipinski definition) is 1. The number of para-hydroxylation sites is 1. The van der Waals surface area contributed by atoms with Crippen LogP contribution in [0.1, 0.15) is 17.3 Å². The maximum atomic E-state index is 11.9. The first-order valence-electron chi connectivity index (χ1n) is 6.24. The molecular formula is C14H16BrN3O2. The van der Waals surface area contributed by atoms with Crippen molar-refractivity contribution in [2.24, 2.45) is 7.05 Å². The minimum absolute atomic E-state index is 0.130. The van der Waals surface area contributed by atoms with E-state index >= 15 is 0 Å². The summed E-state index contributed by atoms with van der Waals surface area (Å²) in [6.07, 6.45) is 3.08. The van der Waals surface area contributed by atoms with E-state index in [2.05, 4.69) is 26.3 Å². The lowest BCUT2D eigenvalue weighted by molar-refractivity contribution is 0.0932. The normalized spacial score (nSPS) is 11.9. The summed E-state index contributed by atoms with van der Waals surface area (Å²) in [6, 6.07) is 7.62. The highest BCUT2D eigenvalue weighted by molar-refractivity contribution is 9.10. The number of aromatic nitrogens is 2. The van der Waals surface area contributed by atoms with Crippen LogP contribution in [0.5, 0.6) is 5.75 Å². The summed E-state index contributed by atoms with van der Waals surface area (Å²) < 4.78 is 8.24. The van der Waals surface area contributed by atoms with Crippen LogP contribution in [0.2, 0.25) is 0 Å². The number of aryl methyl sites for hydroxylation is 1. The molecule has 1 N–H and O–H groups in total. The fraction of sp³-hybridized carbons (Fsp3) is 0.286. The Kier molecular flexibility index (Phi) is 4.79. The molecule has 0 saturated heterocycles. The topological polar surface area (TPSA) is 56.2 Å². The molecule has 0 aliphatic carbocycles. The molecule has 0 fully saturated rings. The first kappa shape index (κ1) is 14.6. The third-order valence-corrected chi connectivity index (χ3v) is 3.34. The minimum atomic E-state index is -0.152. The Morgan fingerprint density at radius 3 is 2.90 bits per heavy atom. The summed E-state index contributed by atoms with van der Waals surface area (Å²) in [7, 11) is 1.77. The number of rotatable bonds is 5. The SMILES string of the molecule is C[C@@H](CNC(=O)c1cnn(C)c1)Oc1ccccc1Br. The lowest BCUT2D eigenvalue weighted by Gasteiger charge is -2.16. The summed E-state index contributed by atoms with van der Waals surface area (Å²) in [5, 5.41) is 6.78. The molecule has 1 heterocycles. The van der Waals surface area contributed by atoms with Crippen LogP contribution < -0.4 is 10.1 Å². The predicted molar refractivity (Wildman–Crippen MR) is 79.8 cm³/mol. The van der Waals surface area contributed by atoms with E-state index in [1.807, 2.05) is 31.2 Å². The predicted octanol–water partition coefficient (Wildman–Crippen LogP) is 2.38. The van der Waals surface area contributed by atoms with Crippen LogP contribution in [0.15, 0.2) is 41.1 Å².